The van der Waals surface area contributed by atoms with Crippen molar-refractivity contribution in [2.24, 2.45) is 0 Å². The number of hydrogen-bond acceptors (Lipinski definition) is 1. The van der Waals surface area contributed by atoms with Crippen molar-refractivity contribution in [2.45, 2.75) is 12.1 Å². The molecule has 0 fully saturated rings. The summed E-state index contributed by atoms with van der Waals surface area (Å²) in [6.07, 6.45) is -5.83. The average molecular weight is 191 g/mol. The molecule has 2 nitrogen and oxygen atoms in total. The van der Waals surface area contributed by atoms with Gasteiger partial charge in [-0.3, -0.25) is 4.79 Å². The van der Waals surface area contributed by atoms with Gasteiger partial charge in [0.05, 0.1) is 0 Å². The van der Waals surface area contributed by atoms with E-state index in [9.17, 15) is 26.7 Å². The molecule has 7 heteroatoms. The van der Waals surface area contributed by atoms with Crippen molar-refractivity contribution in [2.75, 3.05) is 14.1 Å². The first kappa shape index (κ1) is 11.1. The molecule has 0 aliphatic rings. The highest BCUT2D eigenvalue weighted by molar-refractivity contribution is 5.83. The van der Waals surface area contributed by atoms with E-state index in [2.05, 4.69) is 0 Å². The molecule has 0 unspecified atom stereocenters. The van der Waals surface area contributed by atoms with E-state index in [1.54, 1.807) is 0 Å². The molecule has 0 spiro atoms. The second-order valence-corrected chi connectivity index (χ2v) is 2.27. The van der Waals surface area contributed by atoms with Crippen LogP contribution in [0.15, 0.2) is 0 Å². The normalized spacial score (nSPS) is 12.9. The van der Waals surface area contributed by atoms with E-state index in [0.717, 1.165) is 14.1 Å². The summed E-state index contributed by atoms with van der Waals surface area (Å²) in [6, 6.07) is 0. The molecule has 0 saturated carbocycles. The van der Waals surface area contributed by atoms with E-state index in [0.29, 0.717) is 0 Å². The first-order valence-corrected chi connectivity index (χ1v) is 2.77. The molecule has 0 aromatic heterocycles. The lowest BCUT2D eigenvalue weighted by molar-refractivity contribution is -0.273. The number of carbonyl (C=O) groups is 1. The lowest BCUT2D eigenvalue weighted by atomic mass is 10.3. The van der Waals surface area contributed by atoms with Gasteiger partial charge < -0.3 is 4.90 Å². The first-order chi connectivity index (χ1) is 5.10. The highest BCUT2D eigenvalue weighted by Gasteiger charge is 2.63. The lowest BCUT2D eigenvalue weighted by Crippen LogP contribution is -2.49. The molecule has 12 heavy (non-hydrogen) atoms. The van der Waals surface area contributed by atoms with Crippen LogP contribution in [0.3, 0.4) is 0 Å². The molecule has 0 bridgehead atoms. The van der Waals surface area contributed by atoms with Crippen LogP contribution in [0.1, 0.15) is 0 Å². The molecule has 1 amide bonds. The molecule has 0 rings (SSSR count). The predicted molar refractivity (Wildman–Crippen MR) is 29.7 cm³/mol. The van der Waals surface area contributed by atoms with E-state index < -0.39 is 18.0 Å². The topological polar surface area (TPSA) is 20.3 Å². The number of rotatable bonds is 1. The molecular formula is C5H6F5NO. The monoisotopic (exact) mass is 191 g/mol. The number of amides is 1. The third-order valence-electron chi connectivity index (χ3n) is 1.03. The number of hydrogen-bond donors (Lipinski definition) is 0. The molecule has 0 aliphatic heterocycles. The maximum Gasteiger partial charge on any atom is 0.463 e. The van der Waals surface area contributed by atoms with E-state index in [1.807, 2.05) is 0 Å². The molecule has 0 N–H and O–H groups in total. The van der Waals surface area contributed by atoms with Gasteiger partial charge in [-0.25, -0.2) is 0 Å². The summed E-state index contributed by atoms with van der Waals surface area (Å²) in [7, 11) is 1.64. The Morgan fingerprint density at radius 3 is 1.50 bits per heavy atom. The van der Waals surface area contributed by atoms with Crippen LogP contribution in [0.4, 0.5) is 22.0 Å². The van der Waals surface area contributed by atoms with Crippen molar-refractivity contribution in [3.8, 4) is 0 Å². The van der Waals surface area contributed by atoms with Crippen LogP contribution in [0, 0.1) is 0 Å². The molecule has 0 aromatic carbocycles. The minimum atomic E-state index is -5.83. The standard InChI is InChI=1S/C5H6F5NO/c1-11(2)3(12)4(6,7)5(8,9)10/h1-2H3. The molecule has 0 heterocycles. The Labute approximate surface area is 64.9 Å². The zero-order valence-electron chi connectivity index (χ0n) is 6.25. The van der Waals surface area contributed by atoms with E-state index in [-0.39, 0.29) is 4.90 Å². The van der Waals surface area contributed by atoms with Crippen LogP contribution in [0.5, 0.6) is 0 Å². The van der Waals surface area contributed by atoms with E-state index in [1.165, 1.54) is 0 Å². The summed E-state index contributed by atoms with van der Waals surface area (Å²) in [5.74, 6) is -7.56. The third-order valence-corrected chi connectivity index (χ3v) is 1.03. The molecule has 72 valence electrons. The SMILES string of the molecule is CN(C)C(=O)C(F)(F)C(F)(F)F. The Hall–Kier alpha value is -0.880. The Morgan fingerprint density at radius 1 is 1.08 bits per heavy atom. The highest BCUT2D eigenvalue weighted by atomic mass is 19.4. The van der Waals surface area contributed by atoms with E-state index in [4.69, 9.17) is 0 Å². The van der Waals surface area contributed by atoms with Gasteiger partial charge in [0.2, 0.25) is 0 Å². The third kappa shape index (κ3) is 1.83. The maximum atomic E-state index is 12.1. The zero-order valence-corrected chi connectivity index (χ0v) is 6.25. The summed E-state index contributed by atoms with van der Waals surface area (Å²) in [6.45, 7) is 0. The Morgan fingerprint density at radius 2 is 1.42 bits per heavy atom. The van der Waals surface area contributed by atoms with Gasteiger partial charge in [0.1, 0.15) is 0 Å². The Bertz CT molecular complexity index is 185. The summed E-state index contributed by atoms with van der Waals surface area (Å²) in [4.78, 5) is 10.5. The molecule has 0 radical (unpaired) electrons. The minimum Gasteiger partial charge on any atom is -0.343 e. The maximum absolute atomic E-state index is 12.1. The Balaban J connectivity index is 4.74. The molecule has 0 atom stereocenters. The summed E-state index contributed by atoms with van der Waals surface area (Å²) < 4.78 is 58.5. The fourth-order valence-corrected chi connectivity index (χ4v) is 0.402. The summed E-state index contributed by atoms with van der Waals surface area (Å²) in [5, 5.41) is 0. The summed E-state index contributed by atoms with van der Waals surface area (Å²) >= 11 is 0. The van der Waals surface area contributed by atoms with Crippen LogP contribution in [0.2, 0.25) is 0 Å². The van der Waals surface area contributed by atoms with Gasteiger partial charge in [0.15, 0.2) is 0 Å². The number of nitrogens with zero attached hydrogens (tertiary/aromatic N) is 1. The first-order valence-electron chi connectivity index (χ1n) is 2.77. The molecule has 0 saturated heterocycles. The fraction of sp³-hybridized carbons (Fsp3) is 0.800. The van der Waals surface area contributed by atoms with Crippen molar-refractivity contribution < 1.29 is 26.7 Å². The second-order valence-electron chi connectivity index (χ2n) is 2.27. The lowest BCUT2D eigenvalue weighted by Gasteiger charge is -2.21. The van der Waals surface area contributed by atoms with Gasteiger partial charge in [-0.05, 0) is 0 Å². The smallest absolute Gasteiger partial charge is 0.343 e. The van der Waals surface area contributed by atoms with Crippen molar-refractivity contribution in [1.82, 2.24) is 4.90 Å². The number of carbonyl (C=O) groups excluding carboxylic acids is 1. The van der Waals surface area contributed by atoms with Crippen molar-refractivity contribution in [3.63, 3.8) is 0 Å². The predicted octanol–water partition coefficient (Wildman–Crippen LogP) is 1.27. The fourth-order valence-electron chi connectivity index (χ4n) is 0.402. The van der Waals surface area contributed by atoms with Gasteiger partial charge in [-0.1, -0.05) is 0 Å². The van der Waals surface area contributed by atoms with Gasteiger partial charge >= 0.3 is 18.0 Å². The second kappa shape index (κ2) is 2.87. The highest BCUT2D eigenvalue weighted by Crippen LogP contribution is 2.36. The van der Waals surface area contributed by atoms with Gasteiger partial charge in [0, 0.05) is 14.1 Å². The van der Waals surface area contributed by atoms with Crippen LogP contribution in [-0.2, 0) is 4.79 Å². The molecular weight excluding hydrogens is 185 g/mol. The van der Waals surface area contributed by atoms with Crippen LogP contribution in [-0.4, -0.2) is 37.0 Å². The molecule has 0 aliphatic carbocycles. The van der Waals surface area contributed by atoms with E-state index >= 15 is 0 Å². The van der Waals surface area contributed by atoms with Crippen molar-refractivity contribution in [1.29, 1.82) is 0 Å². The minimum absolute atomic E-state index is 0.188. The van der Waals surface area contributed by atoms with Gasteiger partial charge in [0.25, 0.3) is 0 Å². The van der Waals surface area contributed by atoms with Gasteiger partial charge in [-0.2, -0.15) is 22.0 Å². The molecule has 0 aromatic rings. The Kier molecular flexibility index (Phi) is 2.66. The van der Waals surface area contributed by atoms with Crippen LogP contribution >= 0.6 is 0 Å². The zero-order chi connectivity index (χ0) is 10.2. The van der Waals surface area contributed by atoms with Crippen LogP contribution in [0.25, 0.3) is 0 Å². The average Bonchev–Trinajstić information content (AvgIpc) is 1.83. The van der Waals surface area contributed by atoms with Crippen molar-refractivity contribution >= 4 is 5.91 Å². The van der Waals surface area contributed by atoms with Gasteiger partial charge in [-0.15, -0.1) is 0 Å². The van der Waals surface area contributed by atoms with Crippen LogP contribution < -0.4 is 0 Å². The summed E-state index contributed by atoms with van der Waals surface area (Å²) in [5.41, 5.74) is 0. The largest absolute Gasteiger partial charge is 0.463 e. The number of alkyl halides is 5. The quantitative estimate of drug-likeness (QED) is 0.571. The number of halogens is 5. The van der Waals surface area contributed by atoms with Crippen molar-refractivity contribution in [3.05, 3.63) is 0 Å².